The number of hydrogen-bond acceptors (Lipinski definition) is 5. The maximum absolute atomic E-state index is 10.9. The van der Waals surface area contributed by atoms with Crippen molar-refractivity contribution in [1.82, 2.24) is 9.78 Å². The standard InChI is InChI=1S/C13H16N4O3/c1-16-9-11(8-15-16)4-5-20-13-6-10(7-14)2-3-12(13)17(18)19/h2-3,6,8-9H,4-5,7,14H2,1H3. The smallest absolute Gasteiger partial charge is 0.310 e. The summed E-state index contributed by atoms with van der Waals surface area (Å²) in [6.45, 7) is 0.664. The fraction of sp³-hybridized carbons (Fsp3) is 0.308. The van der Waals surface area contributed by atoms with E-state index in [2.05, 4.69) is 5.10 Å². The summed E-state index contributed by atoms with van der Waals surface area (Å²) in [5.41, 5.74) is 7.30. The topological polar surface area (TPSA) is 96.2 Å². The zero-order valence-electron chi connectivity index (χ0n) is 11.2. The Morgan fingerprint density at radius 1 is 1.45 bits per heavy atom. The summed E-state index contributed by atoms with van der Waals surface area (Å²) in [6, 6.07) is 4.66. The SMILES string of the molecule is Cn1cc(CCOc2cc(CN)ccc2[N+](=O)[O-])cn1. The van der Waals surface area contributed by atoms with Crippen molar-refractivity contribution in [2.24, 2.45) is 12.8 Å². The molecule has 0 aliphatic rings. The zero-order valence-corrected chi connectivity index (χ0v) is 11.2. The predicted octanol–water partition coefficient (Wildman–Crippen LogP) is 1.41. The van der Waals surface area contributed by atoms with E-state index in [1.54, 1.807) is 23.0 Å². The zero-order chi connectivity index (χ0) is 14.5. The Morgan fingerprint density at radius 3 is 2.85 bits per heavy atom. The molecule has 7 heteroatoms. The first-order chi connectivity index (χ1) is 9.60. The van der Waals surface area contributed by atoms with Crippen LogP contribution in [-0.4, -0.2) is 21.3 Å². The Morgan fingerprint density at radius 2 is 2.25 bits per heavy atom. The number of rotatable bonds is 6. The normalized spacial score (nSPS) is 10.5. The highest BCUT2D eigenvalue weighted by Gasteiger charge is 2.15. The number of nitro groups is 1. The van der Waals surface area contributed by atoms with Crippen LogP contribution in [0.5, 0.6) is 5.75 Å². The van der Waals surface area contributed by atoms with E-state index >= 15 is 0 Å². The molecule has 0 radical (unpaired) electrons. The van der Waals surface area contributed by atoms with Crippen molar-refractivity contribution in [1.29, 1.82) is 0 Å². The van der Waals surface area contributed by atoms with Gasteiger partial charge in [-0.15, -0.1) is 0 Å². The first-order valence-electron chi connectivity index (χ1n) is 6.18. The number of nitro benzene ring substituents is 1. The Kier molecular flexibility index (Phi) is 4.31. The molecule has 0 unspecified atom stereocenters. The van der Waals surface area contributed by atoms with E-state index < -0.39 is 4.92 Å². The maximum Gasteiger partial charge on any atom is 0.310 e. The van der Waals surface area contributed by atoms with Crippen LogP contribution in [0.25, 0.3) is 0 Å². The van der Waals surface area contributed by atoms with Crippen molar-refractivity contribution in [2.75, 3.05) is 6.61 Å². The fourth-order valence-corrected chi connectivity index (χ4v) is 1.83. The van der Waals surface area contributed by atoms with Crippen LogP contribution >= 0.6 is 0 Å². The van der Waals surface area contributed by atoms with Crippen molar-refractivity contribution >= 4 is 5.69 Å². The second-order valence-electron chi connectivity index (χ2n) is 4.38. The number of hydrogen-bond donors (Lipinski definition) is 1. The summed E-state index contributed by atoms with van der Waals surface area (Å²) in [5.74, 6) is 0.252. The molecule has 0 aliphatic heterocycles. The van der Waals surface area contributed by atoms with Crippen LogP contribution in [0, 0.1) is 10.1 Å². The van der Waals surface area contributed by atoms with Gasteiger partial charge in [-0.2, -0.15) is 5.10 Å². The van der Waals surface area contributed by atoms with Crippen molar-refractivity contribution < 1.29 is 9.66 Å². The molecule has 7 nitrogen and oxygen atoms in total. The van der Waals surface area contributed by atoms with Crippen molar-refractivity contribution in [3.8, 4) is 5.75 Å². The van der Waals surface area contributed by atoms with Crippen molar-refractivity contribution in [3.63, 3.8) is 0 Å². The van der Waals surface area contributed by atoms with E-state index in [1.807, 2.05) is 13.2 Å². The lowest BCUT2D eigenvalue weighted by Gasteiger charge is -2.07. The molecule has 2 N–H and O–H groups in total. The predicted molar refractivity (Wildman–Crippen MR) is 73.4 cm³/mol. The number of aromatic nitrogens is 2. The van der Waals surface area contributed by atoms with Gasteiger partial charge in [0.1, 0.15) is 0 Å². The molecular formula is C13H16N4O3. The van der Waals surface area contributed by atoms with E-state index in [-0.39, 0.29) is 11.4 Å². The summed E-state index contributed by atoms with van der Waals surface area (Å²) < 4.78 is 7.22. The molecule has 0 saturated heterocycles. The monoisotopic (exact) mass is 276 g/mol. The van der Waals surface area contributed by atoms with E-state index in [1.165, 1.54) is 6.07 Å². The minimum Gasteiger partial charge on any atom is -0.486 e. The molecule has 1 aromatic carbocycles. The second-order valence-corrected chi connectivity index (χ2v) is 4.38. The van der Waals surface area contributed by atoms with Gasteiger partial charge in [0.15, 0.2) is 5.75 Å². The third-order valence-corrected chi connectivity index (χ3v) is 2.86. The summed E-state index contributed by atoms with van der Waals surface area (Å²) in [4.78, 5) is 10.5. The third-order valence-electron chi connectivity index (χ3n) is 2.86. The van der Waals surface area contributed by atoms with Gasteiger partial charge in [-0.3, -0.25) is 14.8 Å². The van der Waals surface area contributed by atoms with E-state index in [9.17, 15) is 10.1 Å². The Bertz CT molecular complexity index is 609. The minimum absolute atomic E-state index is 0.0478. The van der Waals surface area contributed by atoms with Gasteiger partial charge in [0, 0.05) is 32.3 Å². The van der Waals surface area contributed by atoms with Crippen LogP contribution in [0.15, 0.2) is 30.6 Å². The van der Waals surface area contributed by atoms with Gasteiger partial charge >= 0.3 is 5.69 Å². The van der Waals surface area contributed by atoms with Gasteiger partial charge in [-0.1, -0.05) is 6.07 Å². The van der Waals surface area contributed by atoms with Crippen molar-refractivity contribution in [3.05, 3.63) is 51.8 Å². The van der Waals surface area contributed by atoms with Crippen LogP contribution in [0.2, 0.25) is 0 Å². The van der Waals surface area contributed by atoms with E-state index in [0.717, 1.165) is 11.1 Å². The molecule has 0 spiro atoms. The first-order valence-corrected chi connectivity index (χ1v) is 6.18. The molecule has 0 saturated carbocycles. The molecule has 0 atom stereocenters. The van der Waals surface area contributed by atoms with Gasteiger partial charge in [-0.05, 0) is 17.2 Å². The minimum atomic E-state index is -0.459. The average Bonchev–Trinajstić information content (AvgIpc) is 2.84. The number of benzene rings is 1. The summed E-state index contributed by atoms with van der Waals surface area (Å²) in [5, 5.41) is 15.0. The Labute approximate surface area is 116 Å². The highest BCUT2D eigenvalue weighted by Crippen LogP contribution is 2.28. The van der Waals surface area contributed by atoms with E-state index in [4.69, 9.17) is 10.5 Å². The van der Waals surface area contributed by atoms with E-state index in [0.29, 0.717) is 19.6 Å². The second kappa shape index (κ2) is 6.16. The third kappa shape index (κ3) is 3.33. The quantitative estimate of drug-likeness (QED) is 0.635. The maximum atomic E-state index is 10.9. The first kappa shape index (κ1) is 14.0. The molecule has 20 heavy (non-hydrogen) atoms. The van der Waals surface area contributed by atoms with Gasteiger partial charge < -0.3 is 10.5 Å². The lowest BCUT2D eigenvalue weighted by Crippen LogP contribution is -2.05. The molecule has 1 aromatic heterocycles. The molecular weight excluding hydrogens is 260 g/mol. The number of nitrogens with zero attached hydrogens (tertiary/aromatic N) is 3. The van der Waals surface area contributed by atoms with Crippen LogP contribution in [0.3, 0.4) is 0 Å². The highest BCUT2D eigenvalue weighted by atomic mass is 16.6. The largest absolute Gasteiger partial charge is 0.486 e. The molecule has 0 aliphatic carbocycles. The lowest BCUT2D eigenvalue weighted by atomic mass is 10.2. The van der Waals surface area contributed by atoms with Gasteiger partial charge in [-0.25, -0.2) is 0 Å². The van der Waals surface area contributed by atoms with Crippen LogP contribution in [-0.2, 0) is 20.0 Å². The van der Waals surface area contributed by atoms with Crippen molar-refractivity contribution in [2.45, 2.75) is 13.0 Å². The Hall–Kier alpha value is -2.41. The fourth-order valence-electron chi connectivity index (χ4n) is 1.83. The van der Waals surface area contributed by atoms with Crippen LogP contribution in [0.4, 0.5) is 5.69 Å². The summed E-state index contributed by atoms with van der Waals surface area (Å²) in [7, 11) is 1.83. The Balaban J connectivity index is 2.05. The highest BCUT2D eigenvalue weighted by molar-refractivity contribution is 5.48. The molecule has 0 bridgehead atoms. The summed E-state index contributed by atoms with van der Waals surface area (Å²) >= 11 is 0. The van der Waals surface area contributed by atoms with Gasteiger partial charge in [0.2, 0.25) is 0 Å². The van der Waals surface area contributed by atoms with Gasteiger partial charge in [0.05, 0.1) is 17.7 Å². The molecule has 2 aromatic rings. The average molecular weight is 276 g/mol. The number of ether oxygens (including phenoxy) is 1. The van der Waals surface area contributed by atoms with Gasteiger partial charge in [0.25, 0.3) is 0 Å². The lowest BCUT2D eigenvalue weighted by molar-refractivity contribution is -0.385. The molecule has 0 amide bonds. The number of nitrogens with two attached hydrogens (primary N) is 1. The molecule has 106 valence electrons. The summed E-state index contributed by atoms with van der Waals surface area (Å²) in [6.07, 6.45) is 4.26. The molecule has 0 fully saturated rings. The van der Waals surface area contributed by atoms with Crippen LogP contribution < -0.4 is 10.5 Å². The molecule has 2 rings (SSSR count). The number of aryl methyl sites for hydroxylation is 1. The van der Waals surface area contributed by atoms with Crippen LogP contribution in [0.1, 0.15) is 11.1 Å². The molecule has 1 heterocycles.